The van der Waals surface area contributed by atoms with Gasteiger partial charge in [-0.1, -0.05) is 19.1 Å². The first-order valence-electron chi connectivity index (χ1n) is 10.7. The van der Waals surface area contributed by atoms with Crippen molar-refractivity contribution in [3.8, 4) is 5.75 Å². The Hall–Kier alpha value is -3.17. The van der Waals surface area contributed by atoms with Crippen LogP contribution in [0.4, 0.5) is 11.5 Å². The first-order chi connectivity index (χ1) is 15.6. The second-order valence-electron chi connectivity index (χ2n) is 6.86. The summed E-state index contributed by atoms with van der Waals surface area (Å²) in [6.45, 7) is 7.62. The number of anilines is 2. The number of carbonyl (C=O) groups excluding carboxylic acids is 1. The van der Waals surface area contributed by atoms with E-state index in [2.05, 4.69) is 15.2 Å². The molecule has 0 radical (unpaired) electrons. The zero-order chi connectivity index (χ0) is 23.3. The van der Waals surface area contributed by atoms with Gasteiger partial charge in [0.25, 0.3) is 0 Å². The van der Waals surface area contributed by atoms with Gasteiger partial charge < -0.3 is 35.6 Å². The maximum atomic E-state index is 12.5. The van der Waals surface area contributed by atoms with Gasteiger partial charge in [-0.05, 0) is 31.2 Å². The highest BCUT2D eigenvalue weighted by molar-refractivity contribution is 6.03. The van der Waals surface area contributed by atoms with Crippen molar-refractivity contribution in [2.45, 2.75) is 20.4 Å². The van der Waals surface area contributed by atoms with Gasteiger partial charge in [-0.15, -0.1) is 0 Å². The van der Waals surface area contributed by atoms with Crippen LogP contribution < -0.4 is 20.7 Å². The van der Waals surface area contributed by atoms with E-state index in [9.17, 15) is 4.79 Å². The summed E-state index contributed by atoms with van der Waals surface area (Å²) >= 11 is 0. The first-order valence-corrected chi connectivity index (χ1v) is 10.7. The van der Waals surface area contributed by atoms with Crippen LogP contribution in [0.2, 0.25) is 0 Å². The second kappa shape index (κ2) is 13.3. The Balaban J connectivity index is 0.00000114. The van der Waals surface area contributed by atoms with E-state index in [4.69, 9.17) is 25.4 Å². The number of benzene rings is 1. The molecule has 9 heteroatoms. The average molecular weight is 444 g/mol. The molecule has 174 valence electrons. The SMILES string of the molecule is CCN.CCOC(=O)c1cnc(NCc2ccc(OC)cc2)c(C=N)c1N1CCOCC1. The Morgan fingerprint density at radius 3 is 2.50 bits per heavy atom. The molecular formula is C23H33N5O4. The van der Waals surface area contributed by atoms with Gasteiger partial charge in [0.05, 0.1) is 38.2 Å². The third-order valence-electron chi connectivity index (χ3n) is 4.67. The summed E-state index contributed by atoms with van der Waals surface area (Å²) in [4.78, 5) is 19.0. The molecular weight excluding hydrogens is 410 g/mol. The van der Waals surface area contributed by atoms with E-state index < -0.39 is 5.97 Å². The molecule has 0 aliphatic carbocycles. The first kappa shape index (κ1) is 25.1. The number of aromatic nitrogens is 1. The predicted molar refractivity (Wildman–Crippen MR) is 126 cm³/mol. The minimum atomic E-state index is -0.439. The fourth-order valence-corrected chi connectivity index (χ4v) is 3.21. The van der Waals surface area contributed by atoms with Gasteiger partial charge in [0.2, 0.25) is 0 Å². The summed E-state index contributed by atoms with van der Waals surface area (Å²) in [5, 5.41) is 11.3. The summed E-state index contributed by atoms with van der Waals surface area (Å²) in [6, 6.07) is 7.72. The van der Waals surface area contributed by atoms with Crippen LogP contribution in [0.25, 0.3) is 0 Å². The fraction of sp³-hybridized carbons (Fsp3) is 0.435. The van der Waals surface area contributed by atoms with E-state index in [1.807, 2.05) is 31.2 Å². The molecule has 1 aliphatic rings. The molecule has 2 aromatic rings. The summed E-state index contributed by atoms with van der Waals surface area (Å²) in [7, 11) is 1.63. The fourth-order valence-electron chi connectivity index (χ4n) is 3.21. The molecule has 0 amide bonds. The molecule has 0 unspecified atom stereocenters. The number of hydrogen-bond donors (Lipinski definition) is 3. The molecule has 1 aliphatic heterocycles. The summed E-state index contributed by atoms with van der Waals surface area (Å²) < 4.78 is 15.8. The third-order valence-corrected chi connectivity index (χ3v) is 4.67. The van der Waals surface area contributed by atoms with E-state index in [0.717, 1.165) is 17.9 Å². The minimum absolute atomic E-state index is 0.277. The number of esters is 1. The Labute approximate surface area is 189 Å². The average Bonchev–Trinajstić information content (AvgIpc) is 2.83. The lowest BCUT2D eigenvalue weighted by Gasteiger charge is -2.31. The molecule has 1 fully saturated rings. The van der Waals surface area contributed by atoms with Crippen LogP contribution in [-0.4, -0.2) is 63.7 Å². The summed E-state index contributed by atoms with van der Waals surface area (Å²) in [5.41, 5.74) is 7.48. The Kier molecular flexibility index (Phi) is 10.4. The summed E-state index contributed by atoms with van der Waals surface area (Å²) in [6.07, 6.45) is 2.75. The van der Waals surface area contributed by atoms with Crippen molar-refractivity contribution in [2.24, 2.45) is 5.73 Å². The molecule has 0 atom stereocenters. The Morgan fingerprint density at radius 1 is 1.28 bits per heavy atom. The molecule has 3 rings (SSSR count). The van der Waals surface area contributed by atoms with Gasteiger partial charge in [0, 0.05) is 32.0 Å². The molecule has 2 heterocycles. The molecule has 9 nitrogen and oxygen atoms in total. The number of nitrogens with zero attached hydrogens (tertiary/aromatic N) is 2. The number of morpholine rings is 1. The van der Waals surface area contributed by atoms with E-state index in [-0.39, 0.29) is 6.61 Å². The maximum absolute atomic E-state index is 12.5. The molecule has 0 saturated carbocycles. The van der Waals surface area contributed by atoms with Crippen LogP contribution in [0.1, 0.15) is 35.3 Å². The maximum Gasteiger partial charge on any atom is 0.341 e. The number of pyridine rings is 1. The molecule has 1 saturated heterocycles. The van der Waals surface area contributed by atoms with Gasteiger partial charge in [0.1, 0.15) is 17.1 Å². The van der Waals surface area contributed by atoms with E-state index in [1.165, 1.54) is 12.4 Å². The van der Waals surface area contributed by atoms with Crippen LogP contribution >= 0.6 is 0 Å². The van der Waals surface area contributed by atoms with Gasteiger partial charge >= 0.3 is 5.97 Å². The minimum Gasteiger partial charge on any atom is -0.497 e. The van der Waals surface area contributed by atoms with Gasteiger partial charge in [-0.2, -0.15) is 0 Å². The van der Waals surface area contributed by atoms with Crippen molar-refractivity contribution in [2.75, 3.05) is 56.8 Å². The lowest BCUT2D eigenvalue weighted by Crippen LogP contribution is -2.38. The largest absolute Gasteiger partial charge is 0.497 e. The highest BCUT2D eigenvalue weighted by Gasteiger charge is 2.25. The van der Waals surface area contributed by atoms with Crippen molar-refractivity contribution < 1.29 is 19.0 Å². The zero-order valence-electron chi connectivity index (χ0n) is 19.0. The van der Waals surface area contributed by atoms with Crippen molar-refractivity contribution in [3.63, 3.8) is 0 Å². The van der Waals surface area contributed by atoms with Gasteiger partial charge in [0.15, 0.2) is 0 Å². The van der Waals surface area contributed by atoms with E-state index in [0.29, 0.717) is 55.5 Å². The molecule has 1 aromatic heterocycles. The smallest absolute Gasteiger partial charge is 0.341 e. The molecule has 4 N–H and O–H groups in total. The number of methoxy groups -OCH3 is 1. The van der Waals surface area contributed by atoms with Gasteiger partial charge in [-0.25, -0.2) is 9.78 Å². The molecule has 1 aromatic carbocycles. The monoisotopic (exact) mass is 443 g/mol. The lowest BCUT2D eigenvalue weighted by atomic mass is 10.1. The van der Waals surface area contributed by atoms with Crippen molar-refractivity contribution in [1.82, 2.24) is 4.98 Å². The predicted octanol–water partition coefficient (Wildman–Crippen LogP) is 2.68. The molecule has 0 spiro atoms. The lowest BCUT2D eigenvalue weighted by molar-refractivity contribution is 0.0525. The number of nitrogens with one attached hydrogen (secondary N) is 2. The molecule has 32 heavy (non-hydrogen) atoms. The standard InChI is InChI=1S/C21H26N4O4.C2H7N/c1-3-29-21(26)18-14-24-20(23-13-15-4-6-16(27-2)7-5-15)17(12-22)19(18)25-8-10-28-11-9-25;1-2-3/h4-7,12,14,22H,3,8-11,13H2,1-2H3,(H,23,24);2-3H2,1H3. The van der Waals surface area contributed by atoms with Crippen molar-refractivity contribution in [1.29, 1.82) is 5.41 Å². The van der Waals surface area contributed by atoms with Crippen LogP contribution in [0.3, 0.4) is 0 Å². The van der Waals surface area contributed by atoms with Crippen LogP contribution in [0, 0.1) is 5.41 Å². The number of ether oxygens (including phenoxy) is 3. The van der Waals surface area contributed by atoms with E-state index in [1.54, 1.807) is 14.0 Å². The Bertz CT molecular complexity index is 867. The van der Waals surface area contributed by atoms with E-state index >= 15 is 0 Å². The Morgan fingerprint density at radius 2 is 1.94 bits per heavy atom. The van der Waals surface area contributed by atoms with Crippen LogP contribution in [0.5, 0.6) is 5.75 Å². The zero-order valence-corrected chi connectivity index (χ0v) is 19.0. The van der Waals surface area contributed by atoms with Crippen molar-refractivity contribution >= 4 is 23.7 Å². The van der Waals surface area contributed by atoms with Gasteiger partial charge in [-0.3, -0.25) is 0 Å². The normalized spacial score (nSPS) is 12.9. The highest BCUT2D eigenvalue weighted by Crippen LogP contribution is 2.30. The van der Waals surface area contributed by atoms with Crippen LogP contribution in [0.15, 0.2) is 30.5 Å². The number of hydrogen-bond acceptors (Lipinski definition) is 9. The van der Waals surface area contributed by atoms with Crippen molar-refractivity contribution in [3.05, 3.63) is 47.2 Å². The highest BCUT2D eigenvalue weighted by atomic mass is 16.5. The topological polar surface area (TPSA) is 123 Å². The molecule has 0 bridgehead atoms. The number of carbonyl (C=O) groups is 1. The number of rotatable bonds is 8. The third kappa shape index (κ3) is 6.66. The second-order valence-corrected chi connectivity index (χ2v) is 6.86. The summed E-state index contributed by atoms with van der Waals surface area (Å²) in [5.74, 6) is 0.900. The van der Waals surface area contributed by atoms with Crippen LogP contribution in [-0.2, 0) is 16.0 Å². The quantitative estimate of drug-likeness (QED) is 0.420. The number of nitrogens with two attached hydrogens (primary N) is 1.